The highest BCUT2D eigenvalue weighted by molar-refractivity contribution is 5.53. The van der Waals surface area contributed by atoms with Crippen LogP contribution in [0.4, 0.5) is 18.9 Å². The molecule has 1 aliphatic heterocycles. The molecule has 0 saturated carbocycles. The Balaban J connectivity index is 1.73. The lowest BCUT2D eigenvalue weighted by Crippen LogP contribution is -2.27. The monoisotopic (exact) mass is 259 g/mol. The van der Waals surface area contributed by atoms with Gasteiger partial charge in [-0.15, -0.1) is 0 Å². The van der Waals surface area contributed by atoms with E-state index < -0.39 is 12.8 Å². The Kier molecular flexibility index (Phi) is 4.11. The summed E-state index contributed by atoms with van der Waals surface area (Å²) in [7, 11) is 0. The molecule has 0 saturated heterocycles. The minimum Gasteiger partial charge on any atom is -0.382 e. The quantitative estimate of drug-likeness (QED) is 0.837. The van der Waals surface area contributed by atoms with E-state index in [-0.39, 0.29) is 12.6 Å². The van der Waals surface area contributed by atoms with Crippen molar-refractivity contribution in [2.75, 3.05) is 18.5 Å². The molecular formula is C13H16F3NO. The van der Waals surface area contributed by atoms with E-state index in [1.165, 1.54) is 5.56 Å². The van der Waals surface area contributed by atoms with Crippen LogP contribution in [0.2, 0.25) is 0 Å². The van der Waals surface area contributed by atoms with Gasteiger partial charge in [0.2, 0.25) is 0 Å². The molecular weight excluding hydrogens is 243 g/mol. The Morgan fingerprint density at radius 2 is 2.06 bits per heavy atom. The molecule has 1 heterocycles. The van der Waals surface area contributed by atoms with Crippen molar-refractivity contribution in [1.82, 2.24) is 0 Å². The zero-order valence-corrected chi connectivity index (χ0v) is 9.96. The Morgan fingerprint density at radius 3 is 2.83 bits per heavy atom. The highest BCUT2D eigenvalue weighted by Crippen LogP contribution is 2.25. The second-order valence-electron chi connectivity index (χ2n) is 4.49. The van der Waals surface area contributed by atoms with Crippen LogP contribution in [-0.2, 0) is 11.2 Å². The van der Waals surface area contributed by atoms with E-state index >= 15 is 0 Å². The number of halogens is 3. The van der Waals surface area contributed by atoms with Gasteiger partial charge in [-0.05, 0) is 30.9 Å². The molecule has 0 radical (unpaired) electrons. The van der Waals surface area contributed by atoms with Gasteiger partial charge in [0.1, 0.15) is 6.61 Å². The lowest BCUT2D eigenvalue weighted by Gasteiger charge is -2.27. The van der Waals surface area contributed by atoms with Crippen molar-refractivity contribution in [3.05, 3.63) is 29.8 Å². The van der Waals surface area contributed by atoms with E-state index in [2.05, 4.69) is 16.1 Å². The number of anilines is 1. The van der Waals surface area contributed by atoms with Crippen LogP contribution >= 0.6 is 0 Å². The van der Waals surface area contributed by atoms with Crippen molar-refractivity contribution in [1.29, 1.82) is 0 Å². The molecule has 18 heavy (non-hydrogen) atoms. The third-order valence-electron chi connectivity index (χ3n) is 3.02. The standard InChI is InChI=1S/C13H16F3NO/c14-13(15,16)9-18-8-7-11-6-5-10-3-1-2-4-12(10)17-11/h1-4,11,17H,5-9H2. The lowest BCUT2D eigenvalue weighted by molar-refractivity contribution is -0.174. The summed E-state index contributed by atoms with van der Waals surface area (Å²) in [6.07, 6.45) is -1.73. The summed E-state index contributed by atoms with van der Waals surface area (Å²) >= 11 is 0. The zero-order chi connectivity index (χ0) is 13.0. The average Bonchev–Trinajstić information content (AvgIpc) is 2.33. The van der Waals surface area contributed by atoms with Gasteiger partial charge < -0.3 is 10.1 Å². The molecule has 1 aromatic rings. The fraction of sp³-hybridized carbons (Fsp3) is 0.538. The van der Waals surface area contributed by atoms with Gasteiger partial charge in [-0.1, -0.05) is 18.2 Å². The van der Waals surface area contributed by atoms with E-state index in [9.17, 15) is 13.2 Å². The van der Waals surface area contributed by atoms with Crippen LogP contribution in [0.25, 0.3) is 0 Å². The van der Waals surface area contributed by atoms with Crippen LogP contribution in [0.3, 0.4) is 0 Å². The predicted molar refractivity (Wildman–Crippen MR) is 63.7 cm³/mol. The molecule has 5 heteroatoms. The highest BCUT2D eigenvalue weighted by atomic mass is 19.4. The molecule has 0 aromatic heterocycles. The summed E-state index contributed by atoms with van der Waals surface area (Å²) in [6, 6.07) is 8.21. The van der Waals surface area contributed by atoms with E-state index in [0.29, 0.717) is 6.42 Å². The van der Waals surface area contributed by atoms with Crippen LogP contribution in [0.1, 0.15) is 18.4 Å². The third-order valence-corrected chi connectivity index (χ3v) is 3.02. The smallest absolute Gasteiger partial charge is 0.382 e. The minimum atomic E-state index is -4.23. The van der Waals surface area contributed by atoms with Gasteiger partial charge in [-0.2, -0.15) is 13.2 Å². The second-order valence-corrected chi connectivity index (χ2v) is 4.49. The molecule has 2 rings (SSSR count). The van der Waals surface area contributed by atoms with E-state index in [1.54, 1.807) is 0 Å². The summed E-state index contributed by atoms with van der Waals surface area (Å²) in [6.45, 7) is -1.02. The predicted octanol–water partition coefficient (Wildman–Crippen LogP) is 3.38. The Hall–Kier alpha value is -1.23. The number of benzene rings is 1. The Morgan fingerprint density at radius 1 is 1.28 bits per heavy atom. The van der Waals surface area contributed by atoms with Gasteiger partial charge in [0, 0.05) is 18.3 Å². The van der Waals surface area contributed by atoms with E-state index in [1.807, 2.05) is 18.2 Å². The zero-order valence-electron chi connectivity index (χ0n) is 9.96. The minimum absolute atomic E-state index is 0.138. The fourth-order valence-electron chi connectivity index (χ4n) is 2.13. The maximum Gasteiger partial charge on any atom is 0.411 e. The van der Waals surface area contributed by atoms with Gasteiger partial charge in [0.05, 0.1) is 0 Å². The summed E-state index contributed by atoms with van der Waals surface area (Å²) in [4.78, 5) is 0. The first-order valence-corrected chi connectivity index (χ1v) is 6.03. The molecule has 0 spiro atoms. The number of hydrogen-bond donors (Lipinski definition) is 1. The summed E-state index contributed by atoms with van der Waals surface area (Å²) in [5, 5.41) is 3.33. The SMILES string of the molecule is FC(F)(F)COCCC1CCc2ccccc2N1. The van der Waals surface area contributed by atoms with Crippen molar-refractivity contribution < 1.29 is 17.9 Å². The van der Waals surface area contributed by atoms with Crippen molar-refractivity contribution in [3.8, 4) is 0 Å². The molecule has 2 nitrogen and oxygen atoms in total. The van der Waals surface area contributed by atoms with E-state index in [4.69, 9.17) is 0 Å². The average molecular weight is 259 g/mol. The summed E-state index contributed by atoms with van der Waals surface area (Å²) in [5.74, 6) is 0. The molecule has 1 aromatic carbocycles. The van der Waals surface area contributed by atoms with Crippen LogP contribution in [-0.4, -0.2) is 25.4 Å². The summed E-state index contributed by atoms with van der Waals surface area (Å²) < 4.78 is 40.3. The van der Waals surface area contributed by atoms with Gasteiger partial charge in [-0.25, -0.2) is 0 Å². The first-order valence-electron chi connectivity index (χ1n) is 6.03. The number of rotatable bonds is 4. The van der Waals surface area contributed by atoms with Crippen molar-refractivity contribution in [2.24, 2.45) is 0 Å². The maximum atomic E-state index is 11.9. The van der Waals surface area contributed by atoms with Crippen molar-refractivity contribution in [2.45, 2.75) is 31.5 Å². The van der Waals surface area contributed by atoms with Gasteiger partial charge in [0.25, 0.3) is 0 Å². The van der Waals surface area contributed by atoms with Crippen LogP contribution in [0.5, 0.6) is 0 Å². The molecule has 0 bridgehead atoms. The number of hydrogen-bond acceptors (Lipinski definition) is 2. The van der Waals surface area contributed by atoms with Gasteiger partial charge in [0.15, 0.2) is 0 Å². The topological polar surface area (TPSA) is 21.3 Å². The first-order chi connectivity index (χ1) is 8.54. The Labute approximate surface area is 104 Å². The fourth-order valence-corrected chi connectivity index (χ4v) is 2.13. The third kappa shape index (κ3) is 3.91. The first kappa shape index (κ1) is 13.2. The number of nitrogens with one attached hydrogen (secondary N) is 1. The molecule has 1 unspecified atom stereocenters. The Bertz CT molecular complexity index is 392. The van der Waals surface area contributed by atoms with E-state index in [0.717, 1.165) is 18.5 Å². The largest absolute Gasteiger partial charge is 0.411 e. The van der Waals surface area contributed by atoms with Crippen LogP contribution in [0, 0.1) is 0 Å². The highest BCUT2D eigenvalue weighted by Gasteiger charge is 2.27. The number of ether oxygens (including phenoxy) is 1. The lowest BCUT2D eigenvalue weighted by atomic mass is 9.96. The summed E-state index contributed by atoms with van der Waals surface area (Å²) in [5.41, 5.74) is 2.36. The van der Waals surface area contributed by atoms with Gasteiger partial charge in [-0.3, -0.25) is 0 Å². The number of alkyl halides is 3. The molecule has 1 aliphatic rings. The number of aryl methyl sites for hydroxylation is 1. The molecule has 0 aliphatic carbocycles. The second kappa shape index (κ2) is 5.61. The normalized spacial score (nSPS) is 19.2. The molecule has 1 atom stereocenters. The molecule has 100 valence electrons. The van der Waals surface area contributed by atoms with Crippen LogP contribution < -0.4 is 5.32 Å². The van der Waals surface area contributed by atoms with Crippen molar-refractivity contribution in [3.63, 3.8) is 0 Å². The molecule has 1 N–H and O–H groups in total. The molecule has 0 amide bonds. The number of fused-ring (bicyclic) bond motifs is 1. The molecule has 0 fully saturated rings. The van der Waals surface area contributed by atoms with Crippen molar-refractivity contribution >= 4 is 5.69 Å². The van der Waals surface area contributed by atoms with Crippen LogP contribution in [0.15, 0.2) is 24.3 Å². The number of para-hydroxylation sites is 1. The van der Waals surface area contributed by atoms with Gasteiger partial charge >= 0.3 is 6.18 Å². The maximum absolute atomic E-state index is 11.9.